The van der Waals surface area contributed by atoms with Gasteiger partial charge in [-0.3, -0.25) is 0 Å². The van der Waals surface area contributed by atoms with Crippen LogP contribution in [0.2, 0.25) is 0 Å². The molecule has 2 aromatic rings. The van der Waals surface area contributed by atoms with E-state index in [1.807, 2.05) is 0 Å². The van der Waals surface area contributed by atoms with Gasteiger partial charge in [-0.05, 0) is 35.4 Å². The fraction of sp³-hybridized carbons (Fsp3) is 0.333. The van der Waals surface area contributed by atoms with Gasteiger partial charge in [-0.25, -0.2) is 0 Å². The summed E-state index contributed by atoms with van der Waals surface area (Å²) in [6.45, 7) is 0. The lowest BCUT2D eigenvalue weighted by Crippen LogP contribution is -1.99. The number of aromatic amines is 1. The van der Waals surface area contributed by atoms with Crippen LogP contribution >= 0.6 is 23.5 Å². The number of benzene rings is 1. The molecule has 1 aromatic carbocycles. The molecule has 0 atom stereocenters. The minimum Gasteiger partial charge on any atom is -0.357 e. The van der Waals surface area contributed by atoms with Crippen molar-refractivity contribution in [3.8, 4) is 0 Å². The molecule has 1 aliphatic heterocycles. The van der Waals surface area contributed by atoms with Crippen molar-refractivity contribution < 1.29 is 0 Å². The van der Waals surface area contributed by atoms with E-state index in [2.05, 4.69) is 58.8 Å². The molecule has 0 bridgehead atoms. The maximum atomic E-state index is 3.52. The van der Waals surface area contributed by atoms with E-state index >= 15 is 0 Å². The number of hydrogen-bond acceptors (Lipinski definition) is 2. The fourth-order valence-electron chi connectivity index (χ4n) is 1.89. The number of nitrogens with one attached hydrogen (secondary N) is 1. The van der Waals surface area contributed by atoms with E-state index in [0.29, 0.717) is 4.58 Å². The Morgan fingerprint density at radius 1 is 1.13 bits per heavy atom. The van der Waals surface area contributed by atoms with E-state index in [4.69, 9.17) is 0 Å². The molecule has 0 aliphatic carbocycles. The van der Waals surface area contributed by atoms with Crippen molar-refractivity contribution in [1.29, 1.82) is 0 Å². The van der Waals surface area contributed by atoms with Crippen molar-refractivity contribution in [2.45, 2.75) is 11.0 Å². The van der Waals surface area contributed by atoms with Crippen LogP contribution in [0.3, 0.4) is 0 Å². The molecule has 0 radical (unpaired) electrons. The van der Waals surface area contributed by atoms with Crippen molar-refractivity contribution in [2.75, 3.05) is 11.5 Å². The average Bonchev–Trinajstić information content (AvgIpc) is 2.74. The van der Waals surface area contributed by atoms with Gasteiger partial charge in [0.05, 0.1) is 4.58 Å². The van der Waals surface area contributed by atoms with Gasteiger partial charge in [-0.2, -0.15) is 0 Å². The van der Waals surface area contributed by atoms with Crippen molar-refractivity contribution in [3.05, 3.63) is 36.0 Å². The second kappa shape index (κ2) is 4.14. The highest BCUT2D eigenvalue weighted by molar-refractivity contribution is 8.16. The highest BCUT2D eigenvalue weighted by Gasteiger charge is 2.18. The second-order valence-electron chi connectivity index (χ2n) is 3.74. The molecule has 15 heavy (non-hydrogen) atoms. The molecule has 1 nitrogen and oxygen atoms in total. The Labute approximate surface area is 98.0 Å². The molecule has 1 aromatic heterocycles. The lowest BCUT2D eigenvalue weighted by Gasteiger charge is -2.19. The van der Waals surface area contributed by atoms with Crippen LogP contribution in [0.15, 0.2) is 30.3 Å². The lowest BCUT2D eigenvalue weighted by atomic mass is 10.2. The lowest BCUT2D eigenvalue weighted by molar-refractivity contribution is 1.09. The summed E-state index contributed by atoms with van der Waals surface area (Å²) in [5.41, 5.74) is 2.64. The number of aromatic nitrogens is 1. The molecule has 0 unspecified atom stereocenters. The third kappa shape index (κ3) is 1.91. The average molecular weight is 235 g/mol. The SMILES string of the molecule is c1ccc2[nH]c(C3SCCCS3)cc2c1. The van der Waals surface area contributed by atoms with Gasteiger partial charge < -0.3 is 4.98 Å². The molecule has 0 spiro atoms. The summed E-state index contributed by atoms with van der Waals surface area (Å²) in [4.78, 5) is 3.52. The van der Waals surface area contributed by atoms with Crippen LogP contribution in [0, 0.1) is 0 Å². The van der Waals surface area contributed by atoms with Crippen LogP contribution in [0.1, 0.15) is 16.7 Å². The highest BCUT2D eigenvalue weighted by atomic mass is 32.2. The Hall–Kier alpha value is -0.540. The molecule has 1 N–H and O–H groups in total. The molecule has 1 saturated heterocycles. The van der Waals surface area contributed by atoms with Crippen molar-refractivity contribution in [1.82, 2.24) is 4.98 Å². The molecule has 0 saturated carbocycles. The van der Waals surface area contributed by atoms with E-state index < -0.39 is 0 Å². The molecule has 3 heteroatoms. The smallest absolute Gasteiger partial charge is 0.0900 e. The van der Waals surface area contributed by atoms with Gasteiger partial charge in [-0.15, -0.1) is 23.5 Å². The zero-order valence-electron chi connectivity index (χ0n) is 8.40. The summed E-state index contributed by atoms with van der Waals surface area (Å²) >= 11 is 4.13. The molecule has 2 heterocycles. The molecule has 1 aliphatic rings. The maximum absolute atomic E-state index is 3.52. The van der Waals surface area contributed by atoms with Crippen LogP contribution in [0.25, 0.3) is 10.9 Å². The molecule has 78 valence electrons. The number of para-hydroxylation sites is 1. The Morgan fingerprint density at radius 3 is 2.73 bits per heavy atom. The molecular formula is C12H13NS2. The van der Waals surface area contributed by atoms with Crippen LogP contribution in [-0.2, 0) is 0 Å². The number of hydrogen-bond donors (Lipinski definition) is 1. The summed E-state index contributed by atoms with van der Waals surface area (Å²) in [5, 5.41) is 1.33. The predicted octanol–water partition coefficient (Wildman–Crippen LogP) is 4.04. The fourth-order valence-corrected chi connectivity index (χ4v) is 4.70. The van der Waals surface area contributed by atoms with E-state index in [9.17, 15) is 0 Å². The van der Waals surface area contributed by atoms with Gasteiger partial charge in [0.15, 0.2) is 0 Å². The predicted molar refractivity (Wildman–Crippen MR) is 70.6 cm³/mol. The number of thioether (sulfide) groups is 2. The van der Waals surface area contributed by atoms with Gasteiger partial charge in [0.25, 0.3) is 0 Å². The van der Waals surface area contributed by atoms with Crippen LogP contribution < -0.4 is 0 Å². The van der Waals surface area contributed by atoms with Gasteiger partial charge >= 0.3 is 0 Å². The van der Waals surface area contributed by atoms with E-state index in [-0.39, 0.29) is 0 Å². The van der Waals surface area contributed by atoms with Gasteiger partial charge in [0.1, 0.15) is 0 Å². The Morgan fingerprint density at radius 2 is 1.93 bits per heavy atom. The molecule has 3 rings (SSSR count). The molecule has 0 amide bonds. The summed E-state index contributed by atoms with van der Waals surface area (Å²) in [6.07, 6.45) is 1.35. The first-order valence-electron chi connectivity index (χ1n) is 5.24. The first-order chi connectivity index (χ1) is 7.43. The summed E-state index contributed by atoms with van der Waals surface area (Å²) < 4.78 is 0.617. The highest BCUT2D eigenvalue weighted by Crippen LogP contribution is 2.43. The van der Waals surface area contributed by atoms with Crippen LogP contribution in [0.5, 0.6) is 0 Å². The molecule has 1 fully saturated rings. The second-order valence-corrected chi connectivity index (χ2v) is 6.46. The Balaban J connectivity index is 1.96. The normalized spacial score (nSPS) is 18.4. The Bertz CT molecular complexity index is 424. The number of rotatable bonds is 1. The largest absolute Gasteiger partial charge is 0.357 e. The van der Waals surface area contributed by atoms with Gasteiger partial charge in [-0.1, -0.05) is 18.2 Å². The van der Waals surface area contributed by atoms with Crippen molar-refractivity contribution in [3.63, 3.8) is 0 Å². The summed E-state index contributed by atoms with van der Waals surface area (Å²) in [6, 6.07) is 10.8. The first kappa shape index (κ1) is 9.67. The zero-order valence-corrected chi connectivity index (χ0v) is 10.0. The monoisotopic (exact) mass is 235 g/mol. The Kier molecular flexibility index (Phi) is 2.67. The minimum absolute atomic E-state index is 0.617. The van der Waals surface area contributed by atoms with E-state index in [1.54, 1.807) is 0 Å². The standard InChI is InChI=1S/C12H13NS2/c1-2-5-10-9(4-1)8-11(13-10)12-14-6-3-7-15-12/h1-2,4-5,8,12-13H,3,6-7H2. The minimum atomic E-state index is 0.617. The first-order valence-corrected chi connectivity index (χ1v) is 7.34. The van der Waals surface area contributed by atoms with Crippen molar-refractivity contribution >= 4 is 34.4 Å². The number of fused-ring (bicyclic) bond motifs is 1. The zero-order chi connectivity index (χ0) is 10.1. The third-order valence-electron chi connectivity index (χ3n) is 2.63. The quantitative estimate of drug-likeness (QED) is 0.803. The van der Waals surface area contributed by atoms with Gasteiger partial charge in [0, 0.05) is 11.2 Å². The van der Waals surface area contributed by atoms with Crippen molar-refractivity contribution in [2.24, 2.45) is 0 Å². The maximum Gasteiger partial charge on any atom is 0.0900 e. The third-order valence-corrected chi connectivity index (χ3v) is 5.61. The topological polar surface area (TPSA) is 15.8 Å². The van der Waals surface area contributed by atoms with Gasteiger partial charge in [0.2, 0.25) is 0 Å². The van der Waals surface area contributed by atoms with Crippen LogP contribution in [-0.4, -0.2) is 16.5 Å². The molecular weight excluding hydrogens is 222 g/mol. The summed E-state index contributed by atoms with van der Waals surface area (Å²) in [7, 11) is 0. The number of H-pyrrole nitrogens is 1. The van der Waals surface area contributed by atoms with E-state index in [1.165, 1.54) is 34.5 Å². The van der Waals surface area contributed by atoms with E-state index in [0.717, 1.165) is 0 Å². The summed E-state index contributed by atoms with van der Waals surface area (Å²) in [5.74, 6) is 2.60. The van der Waals surface area contributed by atoms with Crippen LogP contribution in [0.4, 0.5) is 0 Å².